The molecule has 1 aromatic carbocycles. The van der Waals surface area contributed by atoms with Crippen LogP contribution >= 0.6 is 0 Å². The maximum atomic E-state index is 13.2. The van der Waals surface area contributed by atoms with Gasteiger partial charge in [-0.15, -0.1) is 0 Å². The van der Waals surface area contributed by atoms with Crippen LogP contribution in [0.4, 0.5) is 4.79 Å². The predicted molar refractivity (Wildman–Crippen MR) is 139 cm³/mol. The van der Waals surface area contributed by atoms with Crippen molar-refractivity contribution in [3.05, 3.63) is 35.9 Å². The minimum atomic E-state index is -1.04. The first kappa shape index (κ1) is 30.6. The molecule has 11 heteroatoms. The van der Waals surface area contributed by atoms with E-state index >= 15 is 0 Å². The number of carbonyl (C=O) groups excluding carboxylic acids is 5. The fourth-order valence-corrected chi connectivity index (χ4v) is 4.17. The van der Waals surface area contributed by atoms with E-state index in [1.54, 1.807) is 13.8 Å². The molecule has 0 aromatic heterocycles. The van der Waals surface area contributed by atoms with Crippen molar-refractivity contribution < 1.29 is 33.4 Å². The Morgan fingerprint density at radius 3 is 2.18 bits per heavy atom. The highest BCUT2D eigenvalue weighted by Crippen LogP contribution is 2.17. The van der Waals surface area contributed by atoms with Gasteiger partial charge >= 0.3 is 12.1 Å². The summed E-state index contributed by atoms with van der Waals surface area (Å²) in [6.45, 7) is 7.87. The van der Waals surface area contributed by atoms with Gasteiger partial charge < -0.3 is 30.7 Å². The molecule has 4 N–H and O–H groups in total. The van der Waals surface area contributed by atoms with Crippen LogP contribution in [0.5, 0.6) is 0 Å². The fourth-order valence-electron chi connectivity index (χ4n) is 4.17. The largest absolute Gasteiger partial charge is 0.467 e. The molecular weight excluding hydrogens is 492 g/mol. The first-order valence-electron chi connectivity index (χ1n) is 12.9. The van der Waals surface area contributed by atoms with E-state index in [4.69, 9.17) is 9.47 Å². The van der Waals surface area contributed by atoms with Crippen molar-refractivity contribution in [1.29, 1.82) is 0 Å². The van der Waals surface area contributed by atoms with Crippen molar-refractivity contribution in [2.24, 2.45) is 17.8 Å². The zero-order valence-electron chi connectivity index (χ0n) is 22.7. The lowest BCUT2D eigenvalue weighted by Crippen LogP contribution is -2.57. The molecule has 2 rings (SSSR count). The van der Waals surface area contributed by atoms with E-state index in [0.29, 0.717) is 19.4 Å². The molecule has 0 unspecified atom stereocenters. The summed E-state index contributed by atoms with van der Waals surface area (Å²) in [5, 5.41) is 10.7. The topological polar surface area (TPSA) is 152 Å². The van der Waals surface area contributed by atoms with Crippen LogP contribution in [0.25, 0.3) is 0 Å². The average molecular weight is 533 g/mol. The summed E-state index contributed by atoms with van der Waals surface area (Å²) >= 11 is 0. The minimum absolute atomic E-state index is 0.0320. The average Bonchev–Trinajstić information content (AvgIpc) is 3.28. The Kier molecular flexibility index (Phi) is 12.0. The van der Waals surface area contributed by atoms with Gasteiger partial charge in [0.05, 0.1) is 7.11 Å². The van der Waals surface area contributed by atoms with Gasteiger partial charge in [0.25, 0.3) is 0 Å². The van der Waals surface area contributed by atoms with Gasteiger partial charge in [-0.2, -0.15) is 0 Å². The number of rotatable bonds is 13. The highest BCUT2D eigenvalue weighted by molar-refractivity contribution is 5.93. The third-order valence-electron chi connectivity index (χ3n) is 6.26. The highest BCUT2D eigenvalue weighted by Gasteiger charge is 2.35. The molecule has 1 heterocycles. The first-order chi connectivity index (χ1) is 18.0. The SMILES string of the molecule is COC(=O)[C@H](C[C@@H]1CCNC1=O)NC(=O)[C@H](CC(C)C)NC(=O)[C@@H](NC(=O)OCc1ccccc1)C(C)C. The van der Waals surface area contributed by atoms with E-state index in [1.165, 1.54) is 7.11 Å². The zero-order valence-corrected chi connectivity index (χ0v) is 22.7. The van der Waals surface area contributed by atoms with Gasteiger partial charge in [0.15, 0.2) is 0 Å². The molecule has 0 bridgehead atoms. The number of nitrogens with one attached hydrogen (secondary N) is 4. The molecule has 0 spiro atoms. The molecule has 1 saturated heterocycles. The van der Waals surface area contributed by atoms with Crippen molar-refractivity contribution in [3.8, 4) is 0 Å². The van der Waals surface area contributed by atoms with Crippen molar-refractivity contribution in [3.63, 3.8) is 0 Å². The second-order valence-electron chi connectivity index (χ2n) is 10.2. The van der Waals surface area contributed by atoms with Gasteiger partial charge in [-0.05, 0) is 36.7 Å². The number of carbonyl (C=O) groups is 5. The van der Waals surface area contributed by atoms with E-state index in [9.17, 15) is 24.0 Å². The molecular formula is C27H40N4O7. The summed E-state index contributed by atoms with van der Waals surface area (Å²) in [5.74, 6) is -2.66. The van der Waals surface area contributed by atoms with Crippen LogP contribution in [-0.4, -0.2) is 61.6 Å². The number of ether oxygens (including phenoxy) is 2. The molecule has 1 aromatic rings. The smallest absolute Gasteiger partial charge is 0.408 e. The van der Waals surface area contributed by atoms with Gasteiger partial charge in [-0.1, -0.05) is 58.0 Å². The van der Waals surface area contributed by atoms with Gasteiger partial charge in [0.2, 0.25) is 17.7 Å². The molecule has 1 aliphatic heterocycles. The Morgan fingerprint density at radius 2 is 1.63 bits per heavy atom. The molecule has 210 valence electrons. The van der Waals surface area contributed by atoms with Crippen molar-refractivity contribution in [1.82, 2.24) is 21.3 Å². The first-order valence-corrected chi connectivity index (χ1v) is 12.9. The van der Waals surface area contributed by atoms with Crippen LogP contribution < -0.4 is 21.3 Å². The molecule has 1 aliphatic rings. The molecule has 38 heavy (non-hydrogen) atoms. The molecule has 1 fully saturated rings. The summed E-state index contributed by atoms with van der Waals surface area (Å²) in [5.41, 5.74) is 0.803. The van der Waals surface area contributed by atoms with Crippen LogP contribution in [0.2, 0.25) is 0 Å². The predicted octanol–water partition coefficient (Wildman–Crippen LogP) is 1.65. The van der Waals surface area contributed by atoms with E-state index in [-0.39, 0.29) is 30.8 Å². The summed E-state index contributed by atoms with van der Waals surface area (Å²) in [6.07, 6.45) is 0.179. The van der Waals surface area contributed by atoms with E-state index in [0.717, 1.165) is 5.56 Å². The summed E-state index contributed by atoms with van der Waals surface area (Å²) in [7, 11) is 1.21. The quantitative estimate of drug-likeness (QED) is 0.282. The lowest BCUT2D eigenvalue weighted by molar-refractivity contribution is -0.146. The third kappa shape index (κ3) is 9.68. The fraction of sp³-hybridized carbons (Fsp3) is 0.593. The van der Waals surface area contributed by atoms with Crippen molar-refractivity contribution in [2.75, 3.05) is 13.7 Å². The second-order valence-corrected chi connectivity index (χ2v) is 10.2. The highest BCUT2D eigenvalue weighted by atomic mass is 16.5. The van der Waals surface area contributed by atoms with Gasteiger partial charge in [0, 0.05) is 12.5 Å². The molecule has 0 saturated carbocycles. The number of methoxy groups -OCH3 is 1. The second kappa shape index (κ2) is 14.9. The number of esters is 1. The Morgan fingerprint density at radius 1 is 0.974 bits per heavy atom. The number of amides is 4. The summed E-state index contributed by atoms with van der Waals surface area (Å²) in [6, 6.07) is 6.16. The van der Waals surface area contributed by atoms with Crippen LogP contribution in [0, 0.1) is 17.8 Å². The normalized spacial score (nSPS) is 17.2. The van der Waals surface area contributed by atoms with E-state index in [1.807, 2.05) is 44.2 Å². The van der Waals surface area contributed by atoms with Crippen molar-refractivity contribution in [2.45, 2.75) is 71.7 Å². The molecule has 11 nitrogen and oxygen atoms in total. The third-order valence-corrected chi connectivity index (χ3v) is 6.26. The Hall–Kier alpha value is -3.63. The summed E-state index contributed by atoms with van der Waals surface area (Å²) < 4.78 is 10.1. The minimum Gasteiger partial charge on any atom is -0.467 e. The molecule has 0 aliphatic carbocycles. The number of alkyl carbamates (subject to hydrolysis) is 1. The van der Waals surface area contributed by atoms with Crippen LogP contribution in [0.1, 0.15) is 52.5 Å². The lowest BCUT2D eigenvalue weighted by Gasteiger charge is -2.27. The van der Waals surface area contributed by atoms with Crippen LogP contribution in [0.15, 0.2) is 30.3 Å². The number of benzene rings is 1. The lowest BCUT2D eigenvalue weighted by atomic mass is 9.97. The van der Waals surface area contributed by atoms with Gasteiger partial charge in [0.1, 0.15) is 24.7 Å². The zero-order chi connectivity index (χ0) is 28.2. The Bertz CT molecular complexity index is 967. The molecule has 4 amide bonds. The number of hydrogen-bond donors (Lipinski definition) is 4. The standard InChI is InChI=1S/C27H40N4O7/c1-16(2)13-20(24(33)30-21(26(35)37-5)14-19-11-12-28-23(19)32)29-25(34)22(17(3)4)31-27(36)38-15-18-9-7-6-8-10-18/h6-10,16-17,19-22H,11-15H2,1-5H3,(H,28,32)(H,29,34)(H,30,33)(H,31,36)/t19-,20-,21-,22-/m0/s1. The number of hydrogen-bond acceptors (Lipinski definition) is 7. The Labute approximate surface area is 223 Å². The monoisotopic (exact) mass is 532 g/mol. The molecule has 0 radical (unpaired) electrons. The van der Waals surface area contributed by atoms with E-state index in [2.05, 4.69) is 21.3 Å². The Balaban J connectivity index is 2.06. The van der Waals surface area contributed by atoms with Crippen LogP contribution in [-0.2, 0) is 35.3 Å². The van der Waals surface area contributed by atoms with Gasteiger partial charge in [-0.25, -0.2) is 9.59 Å². The summed E-state index contributed by atoms with van der Waals surface area (Å²) in [4.78, 5) is 63.2. The van der Waals surface area contributed by atoms with Crippen molar-refractivity contribution >= 4 is 29.8 Å². The van der Waals surface area contributed by atoms with E-state index < -0.39 is 47.9 Å². The van der Waals surface area contributed by atoms with Crippen LogP contribution in [0.3, 0.4) is 0 Å². The maximum absolute atomic E-state index is 13.2. The maximum Gasteiger partial charge on any atom is 0.408 e. The molecule has 4 atom stereocenters. The van der Waals surface area contributed by atoms with Gasteiger partial charge in [-0.3, -0.25) is 14.4 Å².